The summed E-state index contributed by atoms with van der Waals surface area (Å²) in [6.45, 7) is 1.63. The van der Waals surface area contributed by atoms with Gasteiger partial charge in [-0.25, -0.2) is 0 Å². The Bertz CT molecular complexity index is 767. The molecule has 1 heterocycles. The average Bonchev–Trinajstić information content (AvgIpc) is 2.62. The molecule has 1 aliphatic heterocycles. The first-order chi connectivity index (χ1) is 11.7. The Morgan fingerprint density at radius 1 is 1.17 bits per heavy atom. The zero-order valence-electron chi connectivity index (χ0n) is 13.6. The quantitative estimate of drug-likeness (QED) is 0.942. The molecule has 1 aliphatic rings. The number of likely N-dealkylation sites (tertiary alicyclic amines) is 1. The van der Waals surface area contributed by atoms with Crippen LogP contribution in [0, 0.1) is 11.3 Å². The Balaban J connectivity index is 2.03. The molecule has 1 fully saturated rings. The molecule has 1 N–H and O–H groups in total. The summed E-state index contributed by atoms with van der Waals surface area (Å²) in [6.07, 6.45) is 0.335. The maximum absolute atomic E-state index is 12.1. The van der Waals surface area contributed by atoms with Crippen LogP contribution in [0.15, 0.2) is 54.6 Å². The molecular weight excluding hydrogens is 300 g/mol. The van der Waals surface area contributed by atoms with Gasteiger partial charge in [0.1, 0.15) is 6.04 Å². The number of aliphatic hydroxyl groups is 1. The largest absolute Gasteiger partial charge is 0.394 e. The van der Waals surface area contributed by atoms with Gasteiger partial charge in [-0.1, -0.05) is 61.5 Å². The van der Waals surface area contributed by atoms with E-state index >= 15 is 0 Å². The number of benzene rings is 2. The molecule has 1 saturated heterocycles. The van der Waals surface area contributed by atoms with Crippen LogP contribution in [0.2, 0.25) is 0 Å². The molecule has 1 amide bonds. The number of nitriles is 1. The molecule has 4 heteroatoms. The molecule has 0 bridgehead atoms. The molecule has 0 unspecified atom stereocenters. The van der Waals surface area contributed by atoms with Gasteiger partial charge >= 0.3 is 0 Å². The molecule has 122 valence electrons. The highest BCUT2D eigenvalue weighted by atomic mass is 16.3. The van der Waals surface area contributed by atoms with Crippen LogP contribution in [0.1, 0.15) is 24.8 Å². The van der Waals surface area contributed by atoms with Gasteiger partial charge in [-0.05, 0) is 16.7 Å². The molecule has 24 heavy (non-hydrogen) atoms. The predicted molar refractivity (Wildman–Crippen MR) is 92.0 cm³/mol. The summed E-state index contributed by atoms with van der Waals surface area (Å²) in [5.41, 5.74) is 3.13. The van der Waals surface area contributed by atoms with E-state index in [9.17, 15) is 15.2 Å². The van der Waals surface area contributed by atoms with E-state index in [0.29, 0.717) is 6.42 Å². The summed E-state index contributed by atoms with van der Waals surface area (Å²) >= 11 is 0. The normalized spacial score (nSPS) is 22.5. The number of aliphatic hydroxyl groups excluding tert-OH is 1. The number of carbonyl (C=O) groups excluding carboxylic acids is 1. The minimum atomic E-state index is -0.528. The van der Waals surface area contributed by atoms with E-state index in [1.54, 1.807) is 6.92 Å². The minimum absolute atomic E-state index is 0.0888. The predicted octanol–water partition coefficient (Wildman–Crippen LogP) is 2.94. The van der Waals surface area contributed by atoms with E-state index in [0.717, 1.165) is 16.7 Å². The summed E-state index contributed by atoms with van der Waals surface area (Å²) < 4.78 is 0. The van der Waals surface area contributed by atoms with Crippen molar-refractivity contribution in [1.82, 2.24) is 4.90 Å². The van der Waals surface area contributed by atoms with Crippen LogP contribution in [0.3, 0.4) is 0 Å². The second-order valence-electron chi connectivity index (χ2n) is 5.96. The van der Waals surface area contributed by atoms with Crippen LogP contribution < -0.4 is 0 Å². The van der Waals surface area contributed by atoms with Gasteiger partial charge in [0, 0.05) is 12.3 Å². The highest BCUT2D eigenvalue weighted by Crippen LogP contribution is 2.44. The van der Waals surface area contributed by atoms with Gasteiger partial charge in [-0.15, -0.1) is 0 Å². The van der Waals surface area contributed by atoms with Gasteiger partial charge in [-0.2, -0.15) is 5.26 Å². The van der Waals surface area contributed by atoms with E-state index in [-0.39, 0.29) is 24.5 Å². The minimum Gasteiger partial charge on any atom is -0.394 e. The Kier molecular flexibility index (Phi) is 4.64. The first-order valence-corrected chi connectivity index (χ1v) is 8.18. The molecular formula is C20H20N2O2. The highest BCUT2D eigenvalue weighted by molar-refractivity contribution is 5.79. The third-order valence-electron chi connectivity index (χ3n) is 4.73. The van der Waals surface area contributed by atoms with Gasteiger partial charge < -0.3 is 10.0 Å². The fourth-order valence-corrected chi connectivity index (χ4v) is 3.57. The van der Waals surface area contributed by atoms with Crippen molar-refractivity contribution in [2.45, 2.75) is 31.3 Å². The molecule has 2 aromatic carbocycles. The van der Waals surface area contributed by atoms with Crippen LogP contribution >= 0.6 is 0 Å². The summed E-state index contributed by atoms with van der Waals surface area (Å²) in [7, 11) is 0. The summed E-state index contributed by atoms with van der Waals surface area (Å²) in [5.74, 6) is -0.263. The average molecular weight is 320 g/mol. The lowest BCUT2D eigenvalue weighted by molar-refractivity contribution is -0.146. The second-order valence-corrected chi connectivity index (χ2v) is 5.96. The lowest BCUT2D eigenvalue weighted by Crippen LogP contribution is -2.65. The number of amides is 1. The number of nitrogens with zero attached hydrogens (tertiary/aromatic N) is 2. The lowest BCUT2D eigenvalue weighted by atomic mass is 9.73. The fraction of sp³-hybridized carbons (Fsp3) is 0.300. The Morgan fingerprint density at radius 3 is 2.46 bits per heavy atom. The van der Waals surface area contributed by atoms with E-state index in [2.05, 4.69) is 6.07 Å². The van der Waals surface area contributed by atoms with Crippen molar-refractivity contribution in [1.29, 1.82) is 5.26 Å². The summed E-state index contributed by atoms with van der Waals surface area (Å²) in [4.78, 5) is 13.7. The standard InChI is InChI=1S/C20H20N2O2/c1-2-19(24)22-17(12-21)20(18(22)13-23)16-11-7-6-10-15(16)14-8-4-3-5-9-14/h3-11,17-18,20,23H,2,13H2,1H3/t17-,18+,20-/m0/s1. The van der Waals surface area contributed by atoms with Crippen molar-refractivity contribution in [3.63, 3.8) is 0 Å². The third-order valence-corrected chi connectivity index (χ3v) is 4.73. The van der Waals surface area contributed by atoms with E-state index in [1.165, 1.54) is 4.90 Å². The smallest absolute Gasteiger partial charge is 0.223 e. The van der Waals surface area contributed by atoms with Crippen molar-refractivity contribution in [3.05, 3.63) is 60.2 Å². The van der Waals surface area contributed by atoms with Crippen LogP contribution in [0.4, 0.5) is 0 Å². The van der Waals surface area contributed by atoms with Crippen LogP contribution in [-0.2, 0) is 4.79 Å². The van der Waals surface area contributed by atoms with Gasteiger partial charge in [-0.3, -0.25) is 4.79 Å². The van der Waals surface area contributed by atoms with Crippen LogP contribution in [0.5, 0.6) is 0 Å². The van der Waals surface area contributed by atoms with Crippen LogP contribution in [0.25, 0.3) is 11.1 Å². The number of hydrogen-bond donors (Lipinski definition) is 1. The van der Waals surface area contributed by atoms with Gasteiger partial charge in [0.2, 0.25) is 5.91 Å². The first-order valence-electron chi connectivity index (χ1n) is 8.18. The molecule has 0 saturated carbocycles. The molecule has 4 nitrogen and oxygen atoms in total. The summed E-state index contributed by atoms with van der Waals surface area (Å²) in [6, 6.07) is 19.3. The van der Waals surface area contributed by atoms with E-state index in [4.69, 9.17) is 0 Å². The SMILES string of the molecule is CCC(=O)N1[C@H](CO)[C@@H](c2ccccc2-c2ccccc2)[C@@H]1C#N. The fourth-order valence-electron chi connectivity index (χ4n) is 3.57. The summed E-state index contributed by atoms with van der Waals surface area (Å²) in [5, 5.41) is 19.4. The molecule has 0 aliphatic carbocycles. The molecule has 2 aromatic rings. The highest BCUT2D eigenvalue weighted by Gasteiger charge is 2.51. The van der Waals surface area contributed by atoms with Crippen molar-refractivity contribution in [3.8, 4) is 17.2 Å². The van der Waals surface area contributed by atoms with Crippen molar-refractivity contribution in [2.24, 2.45) is 0 Å². The van der Waals surface area contributed by atoms with Crippen LogP contribution in [-0.4, -0.2) is 34.6 Å². The maximum atomic E-state index is 12.1. The third kappa shape index (κ3) is 2.57. The maximum Gasteiger partial charge on any atom is 0.223 e. The van der Waals surface area contributed by atoms with Gasteiger partial charge in [0.05, 0.1) is 18.7 Å². The molecule has 0 spiro atoms. The molecule has 3 atom stereocenters. The topological polar surface area (TPSA) is 64.3 Å². The van der Waals surface area contributed by atoms with Crippen molar-refractivity contribution >= 4 is 5.91 Å². The van der Waals surface area contributed by atoms with Gasteiger partial charge in [0.25, 0.3) is 0 Å². The second kappa shape index (κ2) is 6.86. The number of carbonyl (C=O) groups is 1. The first kappa shape index (κ1) is 16.2. The Hall–Kier alpha value is -2.64. The van der Waals surface area contributed by atoms with E-state index < -0.39 is 6.04 Å². The molecule has 0 radical (unpaired) electrons. The number of rotatable bonds is 4. The Labute approximate surface area is 142 Å². The zero-order valence-corrected chi connectivity index (χ0v) is 13.6. The van der Waals surface area contributed by atoms with Crippen molar-refractivity contribution < 1.29 is 9.90 Å². The number of hydrogen-bond acceptors (Lipinski definition) is 3. The lowest BCUT2D eigenvalue weighted by Gasteiger charge is -2.52. The monoisotopic (exact) mass is 320 g/mol. The molecule has 0 aromatic heterocycles. The van der Waals surface area contributed by atoms with Crippen molar-refractivity contribution in [2.75, 3.05) is 6.61 Å². The zero-order chi connectivity index (χ0) is 17.1. The molecule has 3 rings (SSSR count). The van der Waals surface area contributed by atoms with Gasteiger partial charge in [0.15, 0.2) is 0 Å². The van der Waals surface area contributed by atoms with E-state index in [1.807, 2.05) is 54.6 Å². The Morgan fingerprint density at radius 2 is 1.83 bits per heavy atom.